The Morgan fingerprint density at radius 1 is 1.55 bits per heavy atom. The Balaban J connectivity index is 1.94. The van der Waals surface area contributed by atoms with E-state index in [9.17, 15) is 22.8 Å². The van der Waals surface area contributed by atoms with Crippen molar-refractivity contribution < 1.29 is 22.8 Å². The third-order valence-corrected chi connectivity index (χ3v) is 3.43. The number of alkyl halides is 3. The molecular weight excluding hydrogens is 297 g/mol. The summed E-state index contributed by atoms with van der Waals surface area (Å²) in [5.74, 6) is -1.49. The zero-order chi connectivity index (χ0) is 14.9. The van der Waals surface area contributed by atoms with Gasteiger partial charge < -0.3 is 10.2 Å². The Morgan fingerprint density at radius 3 is 2.80 bits per heavy atom. The van der Waals surface area contributed by atoms with Crippen molar-refractivity contribution in [3.63, 3.8) is 0 Å². The second-order valence-corrected chi connectivity index (χ2v) is 5.18. The summed E-state index contributed by atoms with van der Waals surface area (Å²) in [6, 6.07) is 0. The summed E-state index contributed by atoms with van der Waals surface area (Å²) in [4.78, 5) is 27.9. The number of nitrogens with zero attached hydrogens (tertiary/aromatic N) is 3. The van der Waals surface area contributed by atoms with Crippen molar-refractivity contribution in [1.29, 1.82) is 0 Å². The van der Waals surface area contributed by atoms with Crippen LogP contribution in [-0.4, -0.2) is 45.3 Å². The summed E-state index contributed by atoms with van der Waals surface area (Å²) in [7, 11) is 0. The molecule has 20 heavy (non-hydrogen) atoms. The average Bonchev–Trinajstić information content (AvgIpc) is 2.85. The fraction of sp³-hybridized carbons (Fsp3) is 0.600. The van der Waals surface area contributed by atoms with E-state index in [-0.39, 0.29) is 18.1 Å². The molecule has 1 aromatic rings. The molecule has 0 spiro atoms. The number of amides is 2. The zero-order valence-corrected chi connectivity index (χ0v) is 11.2. The molecule has 0 radical (unpaired) electrons. The van der Waals surface area contributed by atoms with E-state index in [1.165, 1.54) is 0 Å². The van der Waals surface area contributed by atoms with Crippen LogP contribution in [0.25, 0.3) is 0 Å². The molecule has 110 valence electrons. The van der Waals surface area contributed by atoms with Crippen LogP contribution in [0, 0.1) is 12.8 Å². The van der Waals surface area contributed by atoms with E-state index in [2.05, 4.69) is 14.7 Å². The van der Waals surface area contributed by atoms with Crippen LogP contribution >= 0.6 is 11.5 Å². The molecule has 1 unspecified atom stereocenters. The smallest absolute Gasteiger partial charge is 0.333 e. The van der Waals surface area contributed by atoms with Crippen molar-refractivity contribution in [1.82, 2.24) is 14.3 Å². The van der Waals surface area contributed by atoms with E-state index >= 15 is 0 Å². The lowest BCUT2D eigenvalue weighted by molar-refractivity contribution is -0.157. The maximum Gasteiger partial charge on any atom is 0.406 e. The summed E-state index contributed by atoms with van der Waals surface area (Å²) in [5.41, 5.74) is 0. The van der Waals surface area contributed by atoms with Crippen LogP contribution in [0.3, 0.4) is 0 Å². The molecule has 1 saturated heterocycles. The quantitative estimate of drug-likeness (QED) is 0.910. The Bertz CT molecular complexity index is 531. The lowest BCUT2D eigenvalue weighted by atomic mass is 10.1. The standard InChI is InChI=1S/C10H11F3N4O2S/c1-5-14-9(20-16-5)15-8(19)6-2-7(18)17(3-6)4-10(11,12)13/h6H,2-4H2,1H3,(H,14,15,16,19). The molecule has 2 amide bonds. The van der Waals surface area contributed by atoms with Crippen LogP contribution < -0.4 is 5.32 Å². The van der Waals surface area contributed by atoms with E-state index < -0.39 is 30.5 Å². The highest BCUT2D eigenvalue weighted by molar-refractivity contribution is 7.09. The molecule has 2 heterocycles. The number of rotatable bonds is 3. The molecular formula is C10H11F3N4O2S. The first-order valence-corrected chi connectivity index (χ1v) is 6.47. The number of nitrogens with one attached hydrogen (secondary N) is 1. The van der Waals surface area contributed by atoms with Gasteiger partial charge in [0.25, 0.3) is 0 Å². The zero-order valence-electron chi connectivity index (χ0n) is 10.4. The minimum Gasteiger partial charge on any atom is -0.333 e. The molecule has 0 aliphatic carbocycles. The number of anilines is 1. The number of halogens is 3. The molecule has 6 nitrogen and oxygen atoms in total. The van der Waals surface area contributed by atoms with E-state index in [4.69, 9.17) is 0 Å². The van der Waals surface area contributed by atoms with Crippen LogP contribution in [0.15, 0.2) is 0 Å². The van der Waals surface area contributed by atoms with E-state index in [1.54, 1.807) is 6.92 Å². The van der Waals surface area contributed by atoms with Gasteiger partial charge in [0.2, 0.25) is 16.9 Å². The summed E-state index contributed by atoms with van der Waals surface area (Å²) < 4.78 is 40.6. The maximum absolute atomic E-state index is 12.2. The number of likely N-dealkylation sites (tertiary alicyclic amines) is 1. The summed E-state index contributed by atoms with van der Waals surface area (Å²) >= 11 is 0.977. The van der Waals surface area contributed by atoms with Crippen molar-refractivity contribution in [2.45, 2.75) is 19.5 Å². The van der Waals surface area contributed by atoms with E-state index in [0.717, 1.165) is 11.5 Å². The first-order chi connectivity index (χ1) is 9.24. The van der Waals surface area contributed by atoms with Crippen molar-refractivity contribution in [2.75, 3.05) is 18.4 Å². The van der Waals surface area contributed by atoms with Gasteiger partial charge in [0.15, 0.2) is 0 Å². The number of carbonyl (C=O) groups excluding carboxylic acids is 2. The maximum atomic E-state index is 12.2. The highest BCUT2D eigenvalue weighted by Gasteiger charge is 2.40. The first-order valence-electron chi connectivity index (χ1n) is 5.70. The second kappa shape index (κ2) is 5.35. The number of carbonyl (C=O) groups is 2. The van der Waals surface area contributed by atoms with Gasteiger partial charge in [-0.3, -0.25) is 9.59 Å². The number of aromatic nitrogens is 2. The van der Waals surface area contributed by atoms with E-state index in [1.807, 2.05) is 0 Å². The Morgan fingerprint density at radius 2 is 2.25 bits per heavy atom. The molecule has 1 aliphatic rings. The van der Waals surface area contributed by atoms with Crippen molar-refractivity contribution in [3.05, 3.63) is 5.82 Å². The second-order valence-electron chi connectivity index (χ2n) is 4.43. The molecule has 1 aromatic heterocycles. The molecule has 0 aromatic carbocycles. The van der Waals surface area contributed by atoms with Crippen LogP contribution in [0.2, 0.25) is 0 Å². The normalized spacial score (nSPS) is 19.5. The van der Waals surface area contributed by atoms with Crippen molar-refractivity contribution in [2.24, 2.45) is 5.92 Å². The van der Waals surface area contributed by atoms with Gasteiger partial charge in [0.05, 0.1) is 5.92 Å². The molecule has 1 aliphatic heterocycles. The third-order valence-electron chi connectivity index (χ3n) is 2.71. The molecule has 0 saturated carbocycles. The molecule has 0 bridgehead atoms. The van der Waals surface area contributed by atoms with Crippen molar-refractivity contribution in [3.8, 4) is 0 Å². The lowest BCUT2D eigenvalue weighted by Crippen LogP contribution is -2.36. The molecule has 10 heteroatoms. The lowest BCUT2D eigenvalue weighted by Gasteiger charge is -2.18. The molecule has 1 fully saturated rings. The summed E-state index contributed by atoms with van der Waals surface area (Å²) in [5, 5.41) is 2.73. The molecule has 2 rings (SSSR count). The van der Waals surface area contributed by atoms with Gasteiger partial charge in [0, 0.05) is 24.5 Å². The van der Waals surface area contributed by atoms with Gasteiger partial charge in [-0.05, 0) is 6.92 Å². The molecule has 1 N–H and O–H groups in total. The Labute approximate surface area is 116 Å². The van der Waals surface area contributed by atoms with Gasteiger partial charge in [0.1, 0.15) is 12.4 Å². The SMILES string of the molecule is Cc1nsc(NC(=O)C2CC(=O)N(CC(F)(F)F)C2)n1. The van der Waals surface area contributed by atoms with Gasteiger partial charge in [-0.2, -0.15) is 17.5 Å². The highest BCUT2D eigenvalue weighted by atomic mass is 32.1. The van der Waals surface area contributed by atoms with Crippen LogP contribution in [-0.2, 0) is 9.59 Å². The predicted molar refractivity (Wildman–Crippen MR) is 64.0 cm³/mol. The van der Waals surface area contributed by atoms with Crippen molar-refractivity contribution >= 4 is 28.5 Å². The number of hydrogen-bond acceptors (Lipinski definition) is 5. The minimum atomic E-state index is -4.46. The average molecular weight is 308 g/mol. The largest absolute Gasteiger partial charge is 0.406 e. The fourth-order valence-electron chi connectivity index (χ4n) is 1.87. The summed E-state index contributed by atoms with van der Waals surface area (Å²) in [6.45, 7) is 0.0891. The Hall–Kier alpha value is -1.71. The fourth-order valence-corrected chi connectivity index (χ4v) is 2.45. The van der Waals surface area contributed by atoms with Crippen LogP contribution in [0.1, 0.15) is 12.2 Å². The van der Waals surface area contributed by atoms with Gasteiger partial charge in [-0.25, -0.2) is 4.98 Å². The van der Waals surface area contributed by atoms with Gasteiger partial charge in [-0.1, -0.05) is 0 Å². The topological polar surface area (TPSA) is 75.2 Å². The highest BCUT2D eigenvalue weighted by Crippen LogP contribution is 2.25. The Kier molecular flexibility index (Phi) is 3.93. The summed E-state index contributed by atoms with van der Waals surface area (Å²) in [6.07, 6.45) is -4.68. The third kappa shape index (κ3) is 3.65. The van der Waals surface area contributed by atoms with Gasteiger partial charge >= 0.3 is 6.18 Å². The number of aryl methyl sites for hydroxylation is 1. The van der Waals surface area contributed by atoms with Crippen LogP contribution in [0.4, 0.5) is 18.3 Å². The number of hydrogen-bond donors (Lipinski definition) is 1. The van der Waals surface area contributed by atoms with Gasteiger partial charge in [-0.15, -0.1) is 0 Å². The molecule has 1 atom stereocenters. The predicted octanol–water partition coefficient (Wildman–Crippen LogP) is 1.20. The first kappa shape index (κ1) is 14.7. The van der Waals surface area contributed by atoms with Crippen LogP contribution in [0.5, 0.6) is 0 Å². The monoisotopic (exact) mass is 308 g/mol. The van der Waals surface area contributed by atoms with E-state index in [0.29, 0.717) is 10.7 Å². The minimum absolute atomic E-state index is 0.223.